The van der Waals surface area contributed by atoms with Gasteiger partial charge in [0.1, 0.15) is 5.60 Å². The van der Waals surface area contributed by atoms with Crippen molar-refractivity contribution in [3.05, 3.63) is 20.8 Å². The zero-order valence-corrected chi connectivity index (χ0v) is 16.3. The summed E-state index contributed by atoms with van der Waals surface area (Å²) in [5, 5.41) is 3.62. The fraction of sp³-hybridized carbons (Fsp3) is 0.722. The summed E-state index contributed by atoms with van der Waals surface area (Å²) in [7, 11) is 0. The molecule has 1 N–H and O–H groups in total. The summed E-state index contributed by atoms with van der Waals surface area (Å²) < 4.78 is 6.42. The van der Waals surface area contributed by atoms with Gasteiger partial charge in [0.2, 0.25) is 0 Å². The maximum atomic E-state index is 12.3. The molecule has 2 aliphatic carbocycles. The monoisotopic (exact) mass is 370 g/mol. The van der Waals surface area contributed by atoms with Crippen LogP contribution >= 0.6 is 22.9 Å². The van der Waals surface area contributed by atoms with Gasteiger partial charge in [0.15, 0.2) is 0 Å². The second kappa shape index (κ2) is 7.22. The van der Waals surface area contributed by atoms with Gasteiger partial charge in [-0.1, -0.05) is 11.6 Å². The standard InChI is InChI=1S/C18H27ClN2O2S/c1-18(2,3)23-17(22)21(12-5-6-12)10-4-9-20-14-7-8-15-13(14)11-16(19)24-15/h11-12,14,20H,4-10H2,1-3H3. The summed E-state index contributed by atoms with van der Waals surface area (Å²) in [5.74, 6) is 0. The van der Waals surface area contributed by atoms with Gasteiger partial charge < -0.3 is 15.0 Å². The van der Waals surface area contributed by atoms with Crippen LogP contribution in [0.15, 0.2) is 6.07 Å². The van der Waals surface area contributed by atoms with E-state index in [1.165, 1.54) is 10.4 Å². The number of carbonyl (C=O) groups excluding carboxylic acids is 1. The molecule has 0 aromatic carbocycles. The first-order valence-electron chi connectivity index (χ1n) is 8.84. The van der Waals surface area contributed by atoms with Crippen LogP contribution in [0.25, 0.3) is 0 Å². The van der Waals surface area contributed by atoms with Crippen LogP contribution in [0.2, 0.25) is 4.34 Å². The van der Waals surface area contributed by atoms with E-state index in [-0.39, 0.29) is 6.09 Å². The van der Waals surface area contributed by atoms with Crippen molar-refractivity contribution in [1.29, 1.82) is 0 Å². The zero-order valence-electron chi connectivity index (χ0n) is 14.7. The number of amides is 1. The molecule has 1 fully saturated rings. The van der Waals surface area contributed by atoms with Gasteiger partial charge in [-0.15, -0.1) is 11.3 Å². The first-order valence-corrected chi connectivity index (χ1v) is 10.0. The van der Waals surface area contributed by atoms with E-state index in [2.05, 4.69) is 11.4 Å². The smallest absolute Gasteiger partial charge is 0.410 e. The van der Waals surface area contributed by atoms with Crippen LogP contribution in [-0.4, -0.2) is 35.7 Å². The van der Waals surface area contributed by atoms with Crippen LogP contribution in [0.4, 0.5) is 4.79 Å². The van der Waals surface area contributed by atoms with Crippen molar-refractivity contribution in [2.24, 2.45) is 0 Å². The van der Waals surface area contributed by atoms with Crippen LogP contribution in [0.3, 0.4) is 0 Å². The summed E-state index contributed by atoms with van der Waals surface area (Å²) in [4.78, 5) is 15.7. The van der Waals surface area contributed by atoms with Gasteiger partial charge in [-0.05, 0) is 71.0 Å². The van der Waals surface area contributed by atoms with Crippen molar-refractivity contribution in [1.82, 2.24) is 10.2 Å². The molecule has 4 nitrogen and oxygen atoms in total. The van der Waals surface area contributed by atoms with Crippen LogP contribution < -0.4 is 5.32 Å². The normalized spacial score (nSPS) is 20.1. The van der Waals surface area contributed by atoms with E-state index in [9.17, 15) is 4.79 Å². The Hall–Kier alpha value is -0.780. The number of hydrogen-bond donors (Lipinski definition) is 1. The number of hydrogen-bond acceptors (Lipinski definition) is 4. The van der Waals surface area contributed by atoms with Gasteiger partial charge in [0.05, 0.1) is 4.34 Å². The molecule has 134 valence electrons. The lowest BCUT2D eigenvalue weighted by molar-refractivity contribution is 0.0231. The summed E-state index contributed by atoms with van der Waals surface area (Å²) >= 11 is 7.81. The van der Waals surface area contributed by atoms with Crippen molar-refractivity contribution in [2.75, 3.05) is 13.1 Å². The number of aryl methyl sites for hydroxylation is 1. The summed E-state index contributed by atoms with van der Waals surface area (Å²) in [5.41, 5.74) is 0.942. The Morgan fingerprint density at radius 1 is 1.42 bits per heavy atom. The van der Waals surface area contributed by atoms with E-state index in [0.29, 0.717) is 12.1 Å². The van der Waals surface area contributed by atoms with E-state index >= 15 is 0 Å². The number of carbonyl (C=O) groups is 1. The Morgan fingerprint density at radius 3 is 2.83 bits per heavy atom. The van der Waals surface area contributed by atoms with Crippen molar-refractivity contribution in [3.8, 4) is 0 Å². The highest BCUT2D eigenvalue weighted by molar-refractivity contribution is 7.16. The average molecular weight is 371 g/mol. The first kappa shape index (κ1) is 18.0. The molecule has 1 amide bonds. The lowest BCUT2D eigenvalue weighted by atomic mass is 10.2. The van der Waals surface area contributed by atoms with E-state index in [4.69, 9.17) is 16.3 Å². The molecule has 1 aromatic heterocycles. The Balaban J connectivity index is 1.44. The van der Waals surface area contributed by atoms with Crippen molar-refractivity contribution in [3.63, 3.8) is 0 Å². The minimum atomic E-state index is -0.430. The van der Waals surface area contributed by atoms with E-state index in [1.54, 1.807) is 11.3 Å². The number of rotatable bonds is 6. The Bertz CT molecular complexity index is 592. The molecule has 3 rings (SSSR count). The maximum Gasteiger partial charge on any atom is 0.410 e. The number of nitrogens with zero attached hydrogens (tertiary/aromatic N) is 1. The number of thiophene rings is 1. The molecule has 1 unspecified atom stereocenters. The average Bonchev–Trinajstić information content (AvgIpc) is 3.13. The molecule has 2 aliphatic rings. The minimum Gasteiger partial charge on any atom is -0.444 e. The van der Waals surface area contributed by atoms with Gasteiger partial charge in [-0.25, -0.2) is 4.79 Å². The first-order chi connectivity index (χ1) is 11.3. The quantitative estimate of drug-likeness (QED) is 0.733. The fourth-order valence-electron chi connectivity index (χ4n) is 3.20. The predicted octanol–water partition coefficient (Wildman–Crippen LogP) is 4.77. The van der Waals surface area contributed by atoms with Gasteiger partial charge in [-0.3, -0.25) is 0 Å². The third-order valence-corrected chi connectivity index (χ3v) is 5.77. The summed E-state index contributed by atoms with van der Waals surface area (Å²) in [6.45, 7) is 7.42. The highest BCUT2D eigenvalue weighted by Crippen LogP contribution is 2.39. The van der Waals surface area contributed by atoms with E-state index in [0.717, 1.165) is 49.5 Å². The zero-order chi connectivity index (χ0) is 17.3. The number of fused-ring (bicyclic) bond motifs is 1. The largest absolute Gasteiger partial charge is 0.444 e. The van der Waals surface area contributed by atoms with Crippen LogP contribution in [-0.2, 0) is 11.2 Å². The molecule has 0 saturated heterocycles. The molecule has 24 heavy (non-hydrogen) atoms. The molecule has 1 heterocycles. The molecule has 6 heteroatoms. The molecule has 0 aliphatic heterocycles. The maximum absolute atomic E-state index is 12.3. The molecule has 1 saturated carbocycles. The second-order valence-electron chi connectivity index (χ2n) is 7.73. The second-order valence-corrected chi connectivity index (χ2v) is 9.50. The molecular formula is C18H27ClN2O2S. The third-order valence-electron chi connectivity index (χ3n) is 4.43. The molecule has 0 spiro atoms. The van der Waals surface area contributed by atoms with Crippen LogP contribution in [0, 0.1) is 0 Å². The topological polar surface area (TPSA) is 41.6 Å². The Morgan fingerprint density at radius 2 is 2.17 bits per heavy atom. The Kier molecular flexibility index (Phi) is 5.42. The third kappa shape index (κ3) is 4.64. The van der Waals surface area contributed by atoms with Crippen molar-refractivity contribution < 1.29 is 9.53 Å². The highest BCUT2D eigenvalue weighted by Gasteiger charge is 2.34. The van der Waals surface area contributed by atoms with Crippen molar-refractivity contribution in [2.45, 2.75) is 70.6 Å². The number of halogens is 1. The Labute approximate surface area is 153 Å². The fourth-order valence-corrected chi connectivity index (χ4v) is 4.55. The molecule has 1 aromatic rings. The van der Waals surface area contributed by atoms with Crippen molar-refractivity contribution >= 4 is 29.0 Å². The van der Waals surface area contributed by atoms with Gasteiger partial charge >= 0.3 is 6.09 Å². The summed E-state index contributed by atoms with van der Waals surface area (Å²) in [6, 6.07) is 2.90. The minimum absolute atomic E-state index is 0.169. The molecule has 0 radical (unpaired) electrons. The number of ether oxygens (including phenoxy) is 1. The van der Waals surface area contributed by atoms with Gasteiger partial charge in [0, 0.05) is 23.5 Å². The van der Waals surface area contributed by atoms with Crippen LogP contribution in [0.1, 0.15) is 62.9 Å². The number of nitrogens with one attached hydrogen (secondary N) is 1. The van der Waals surface area contributed by atoms with Gasteiger partial charge in [-0.2, -0.15) is 0 Å². The molecule has 0 bridgehead atoms. The van der Waals surface area contributed by atoms with E-state index in [1.807, 2.05) is 25.7 Å². The molecular weight excluding hydrogens is 344 g/mol. The summed E-state index contributed by atoms with van der Waals surface area (Å²) in [6.07, 6.45) is 5.25. The lowest BCUT2D eigenvalue weighted by Gasteiger charge is -2.27. The van der Waals surface area contributed by atoms with Gasteiger partial charge in [0.25, 0.3) is 0 Å². The molecule has 1 atom stereocenters. The lowest BCUT2D eigenvalue weighted by Crippen LogP contribution is -2.39. The highest BCUT2D eigenvalue weighted by atomic mass is 35.5. The van der Waals surface area contributed by atoms with Crippen LogP contribution in [0.5, 0.6) is 0 Å². The predicted molar refractivity (Wildman–Crippen MR) is 99.0 cm³/mol. The van der Waals surface area contributed by atoms with E-state index < -0.39 is 5.60 Å². The SMILES string of the molecule is CC(C)(C)OC(=O)N(CCCNC1CCc2sc(Cl)cc21)C1CC1.